The van der Waals surface area contributed by atoms with Crippen LogP contribution in [0.3, 0.4) is 0 Å². The summed E-state index contributed by atoms with van der Waals surface area (Å²) in [6.45, 7) is 8.94. The minimum atomic E-state index is 0.260. The van der Waals surface area contributed by atoms with E-state index in [4.69, 9.17) is 11.6 Å². The van der Waals surface area contributed by atoms with Crippen LogP contribution in [-0.4, -0.2) is 59.1 Å². The third kappa shape index (κ3) is 3.39. The first-order chi connectivity index (χ1) is 12.5. The van der Waals surface area contributed by atoms with Crippen molar-refractivity contribution in [3.63, 3.8) is 0 Å². The van der Waals surface area contributed by atoms with Gasteiger partial charge in [0.2, 0.25) is 0 Å². The Morgan fingerprint density at radius 3 is 2.88 bits per heavy atom. The van der Waals surface area contributed by atoms with Crippen molar-refractivity contribution in [3.8, 4) is 0 Å². The fraction of sp³-hybridized carbons (Fsp3) is 0.450. The summed E-state index contributed by atoms with van der Waals surface area (Å²) in [5, 5.41) is 3.05. The third-order valence-corrected chi connectivity index (χ3v) is 5.75. The molecule has 1 aromatic rings. The number of allylic oxidation sites excluding steroid dienone is 2. The van der Waals surface area contributed by atoms with E-state index >= 15 is 0 Å². The maximum atomic E-state index is 6.10. The van der Waals surface area contributed by atoms with Crippen molar-refractivity contribution in [1.82, 2.24) is 25.2 Å². The van der Waals surface area contributed by atoms with Gasteiger partial charge in [0.15, 0.2) is 0 Å². The number of fused-ring (bicyclic) bond motifs is 1. The van der Waals surface area contributed by atoms with Crippen molar-refractivity contribution in [2.45, 2.75) is 26.4 Å². The highest BCUT2D eigenvalue weighted by Crippen LogP contribution is 2.27. The average Bonchev–Trinajstić information content (AvgIpc) is 3.01. The van der Waals surface area contributed by atoms with E-state index in [9.17, 15) is 0 Å². The number of aromatic nitrogens is 1. The van der Waals surface area contributed by atoms with Crippen LogP contribution in [-0.2, 0) is 6.54 Å². The largest absolute Gasteiger partial charge is 0.372 e. The van der Waals surface area contributed by atoms with Gasteiger partial charge in [-0.15, -0.1) is 0 Å². The Bertz CT molecular complexity index is 797. The predicted octanol–water partition coefficient (Wildman–Crippen LogP) is 2.71. The standard InChI is InChI=1S/C20H26ClN5/c1-14-5-4-8-24(3)20(14)19-11-17-13-25(9-10-26(17)23-19)12-16-6-7-18(21)15(2)22-16/h4-7,11,19,23H,8-10,12-13H2,1-3H3. The first-order valence-corrected chi connectivity index (χ1v) is 9.56. The van der Waals surface area contributed by atoms with Gasteiger partial charge in [0.1, 0.15) is 0 Å². The van der Waals surface area contributed by atoms with E-state index in [0.717, 1.165) is 49.1 Å². The lowest BCUT2D eigenvalue weighted by Crippen LogP contribution is -2.49. The monoisotopic (exact) mass is 371 g/mol. The van der Waals surface area contributed by atoms with Gasteiger partial charge in [0.05, 0.1) is 22.5 Å². The number of hydrogen-bond acceptors (Lipinski definition) is 5. The summed E-state index contributed by atoms with van der Waals surface area (Å²) in [5.41, 5.74) is 9.72. The zero-order chi connectivity index (χ0) is 18.3. The molecule has 4 heterocycles. The molecular formula is C20H26ClN5. The van der Waals surface area contributed by atoms with E-state index in [1.165, 1.54) is 17.0 Å². The van der Waals surface area contributed by atoms with Crippen LogP contribution in [0.5, 0.6) is 0 Å². The van der Waals surface area contributed by atoms with Crippen LogP contribution in [0.1, 0.15) is 18.3 Å². The first-order valence-electron chi connectivity index (χ1n) is 9.18. The summed E-state index contributed by atoms with van der Waals surface area (Å²) in [4.78, 5) is 9.40. The van der Waals surface area contributed by atoms with E-state index < -0.39 is 0 Å². The lowest BCUT2D eigenvalue weighted by Gasteiger charge is -2.36. The van der Waals surface area contributed by atoms with Gasteiger partial charge in [-0.3, -0.25) is 9.88 Å². The highest BCUT2D eigenvalue weighted by molar-refractivity contribution is 6.31. The predicted molar refractivity (Wildman–Crippen MR) is 105 cm³/mol. The average molecular weight is 372 g/mol. The van der Waals surface area contributed by atoms with Gasteiger partial charge in [-0.2, -0.15) is 0 Å². The Morgan fingerprint density at radius 1 is 1.27 bits per heavy atom. The number of nitrogens with one attached hydrogen (secondary N) is 1. The molecule has 1 unspecified atom stereocenters. The van der Waals surface area contributed by atoms with Gasteiger partial charge >= 0.3 is 0 Å². The second-order valence-electron chi connectivity index (χ2n) is 7.35. The molecule has 0 spiro atoms. The van der Waals surface area contributed by atoms with Crippen LogP contribution in [0.2, 0.25) is 5.02 Å². The molecule has 3 aliphatic rings. The number of hydrogen-bond donors (Lipinski definition) is 1. The zero-order valence-corrected chi connectivity index (χ0v) is 16.4. The highest BCUT2D eigenvalue weighted by Gasteiger charge is 2.32. The summed E-state index contributed by atoms with van der Waals surface area (Å²) in [6, 6.07) is 4.24. The van der Waals surface area contributed by atoms with Crippen LogP contribution in [0.4, 0.5) is 0 Å². The summed E-state index contributed by atoms with van der Waals surface area (Å²) in [7, 11) is 2.17. The normalized spacial score (nSPS) is 23.5. The number of piperazine rings is 1. The Labute approximate surface area is 160 Å². The van der Waals surface area contributed by atoms with Crippen molar-refractivity contribution >= 4 is 11.6 Å². The molecule has 1 saturated heterocycles. The van der Waals surface area contributed by atoms with Crippen molar-refractivity contribution in [2.24, 2.45) is 0 Å². The van der Waals surface area contributed by atoms with E-state index in [2.05, 4.69) is 57.4 Å². The molecular weight excluding hydrogens is 346 g/mol. The molecule has 5 nitrogen and oxygen atoms in total. The van der Waals surface area contributed by atoms with Crippen LogP contribution in [0.25, 0.3) is 0 Å². The molecule has 1 N–H and O–H groups in total. The molecule has 26 heavy (non-hydrogen) atoms. The molecule has 4 rings (SSSR count). The van der Waals surface area contributed by atoms with Gasteiger partial charge < -0.3 is 9.91 Å². The number of pyridine rings is 1. The Balaban J connectivity index is 1.47. The van der Waals surface area contributed by atoms with Crippen molar-refractivity contribution in [2.75, 3.05) is 33.2 Å². The minimum Gasteiger partial charge on any atom is -0.372 e. The van der Waals surface area contributed by atoms with Gasteiger partial charge in [0, 0.05) is 51.2 Å². The molecule has 1 aromatic heterocycles. The number of halogens is 1. The summed E-state index contributed by atoms with van der Waals surface area (Å²) < 4.78 is 0. The van der Waals surface area contributed by atoms with Crippen molar-refractivity contribution in [3.05, 3.63) is 63.7 Å². The van der Waals surface area contributed by atoms with Crippen LogP contribution in [0.15, 0.2) is 47.3 Å². The third-order valence-electron chi connectivity index (χ3n) is 5.35. The van der Waals surface area contributed by atoms with E-state index in [0.29, 0.717) is 0 Å². The van der Waals surface area contributed by atoms with E-state index in [1.807, 2.05) is 19.1 Å². The molecule has 0 saturated carbocycles. The van der Waals surface area contributed by atoms with Crippen LogP contribution < -0.4 is 5.43 Å². The number of hydrazine groups is 1. The van der Waals surface area contributed by atoms with Crippen molar-refractivity contribution in [1.29, 1.82) is 0 Å². The molecule has 0 aliphatic carbocycles. The molecule has 138 valence electrons. The fourth-order valence-electron chi connectivity index (χ4n) is 4.01. The van der Waals surface area contributed by atoms with Gasteiger partial charge in [0.25, 0.3) is 0 Å². The molecule has 1 fully saturated rings. The number of likely N-dealkylation sites (N-methyl/N-ethyl adjacent to an activating group) is 1. The van der Waals surface area contributed by atoms with E-state index in [1.54, 1.807) is 0 Å². The molecule has 1 atom stereocenters. The SMILES string of the molecule is CC1=C(C2C=C3CN(Cc4ccc(Cl)c(C)n4)CCN3N2)N(C)CC=C1. The van der Waals surface area contributed by atoms with Crippen molar-refractivity contribution < 1.29 is 0 Å². The topological polar surface area (TPSA) is 34.6 Å². The molecule has 3 aliphatic heterocycles. The first kappa shape index (κ1) is 17.6. The fourth-order valence-corrected chi connectivity index (χ4v) is 4.11. The minimum absolute atomic E-state index is 0.260. The number of rotatable bonds is 3. The second-order valence-corrected chi connectivity index (χ2v) is 7.76. The highest BCUT2D eigenvalue weighted by atomic mass is 35.5. The molecule has 0 radical (unpaired) electrons. The Morgan fingerprint density at radius 2 is 2.12 bits per heavy atom. The lowest BCUT2D eigenvalue weighted by atomic mass is 10.0. The smallest absolute Gasteiger partial charge is 0.0864 e. The molecule has 0 amide bonds. The van der Waals surface area contributed by atoms with Crippen LogP contribution >= 0.6 is 11.6 Å². The lowest BCUT2D eigenvalue weighted by molar-refractivity contribution is 0.138. The second kappa shape index (κ2) is 7.06. The maximum absolute atomic E-state index is 6.10. The summed E-state index contributed by atoms with van der Waals surface area (Å²) >= 11 is 6.10. The zero-order valence-electron chi connectivity index (χ0n) is 15.7. The van der Waals surface area contributed by atoms with Gasteiger partial charge in [-0.1, -0.05) is 23.8 Å². The molecule has 6 heteroatoms. The van der Waals surface area contributed by atoms with E-state index in [-0.39, 0.29) is 6.04 Å². The Kier molecular flexibility index (Phi) is 4.78. The van der Waals surface area contributed by atoms with Crippen LogP contribution in [0, 0.1) is 6.92 Å². The quantitative estimate of drug-likeness (QED) is 0.883. The van der Waals surface area contributed by atoms with Gasteiger partial charge in [-0.05, 0) is 37.6 Å². The van der Waals surface area contributed by atoms with Gasteiger partial charge in [-0.25, -0.2) is 5.43 Å². The maximum Gasteiger partial charge on any atom is 0.0864 e. The summed E-state index contributed by atoms with van der Waals surface area (Å²) in [6.07, 6.45) is 6.83. The molecule has 0 bridgehead atoms. The Hall–Kier alpha value is -1.82. The number of aryl methyl sites for hydroxylation is 1. The summed E-state index contributed by atoms with van der Waals surface area (Å²) in [5.74, 6) is 0. The molecule has 0 aromatic carbocycles. The number of nitrogens with zero attached hydrogens (tertiary/aromatic N) is 4.